The summed E-state index contributed by atoms with van der Waals surface area (Å²) in [5.74, 6) is -1.27. The van der Waals surface area contributed by atoms with Gasteiger partial charge in [0.25, 0.3) is 0 Å². The number of alkyl halides is 3. The largest absolute Gasteiger partial charge is 0.477 e. The Bertz CT molecular complexity index is 1750. The molecule has 43 heavy (non-hydrogen) atoms. The molecule has 10 nitrogen and oxygen atoms in total. The lowest BCUT2D eigenvalue weighted by atomic mass is 9.98. The number of anilines is 1. The molecule has 0 saturated carbocycles. The predicted molar refractivity (Wildman–Crippen MR) is 157 cm³/mol. The maximum atomic E-state index is 13.4. The van der Waals surface area contributed by atoms with Crippen LogP contribution in [0.3, 0.4) is 0 Å². The van der Waals surface area contributed by atoms with Crippen LogP contribution < -0.4 is 16.1 Å². The zero-order valence-electron chi connectivity index (χ0n) is 23.4. The fraction of sp³-hybridized carbons (Fsp3) is 0.345. The van der Waals surface area contributed by atoms with E-state index in [0.717, 1.165) is 42.5 Å². The highest BCUT2D eigenvalue weighted by Gasteiger charge is 2.34. The topological polar surface area (TPSA) is 129 Å². The number of carboxylic acid groups (broad SMARTS) is 1. The highest BCUT2D eigenvalue weighted by atomic mass is 32.1. The van der Waals surface area contributed by atoms with Crippen molar-refractivity contribution in [3.8, 4) is 21.7 Å². The number of benzene rings is 1. The molecule has 14 heteroatoms. The number of aromatic nitrogens is 3. The summed E-state index contributed by atoms with van der Waals surface area (Å²) in [6, 6.07) is 5.97. The number of likely N-dealkylation sites (tertiary alicyclic amines) is 1. The van der Waals surface area contributed by atoms with Gasteiger partial charge in [-0.25, -0.2) is 19.6 Å². The summed E-state index contributed by atoms with van der Waals surface area (Å²) in [7, 11) is 2.02. The molecule has 1 unspecified atom stereocenters. The predicted octanol–water partition coefficient (Wildman–Crippen LogP) is 5.53. The number of pyridine rings is 2. The monoisotopic (exact) mass is 614 g/mol. The summed E-state index contributed by atoms with van der Waals surface area (Å²) >= 11 is 0.776. The number of hydrogen-bond donors (Lipinski definition) is 3. The molecule has 0 aliphatic carbocycles. The van der Waals surface area contributed by atoms with Crippen molar-refractivity contribution in [2.45, 2.75) is 44.9 Å². The lowest BCUT2D eigenvalue weighted by molar-refractivity contribution is -0.140. The Balaban J connectivity index is 1.65. The van der Waals surface area contributed by atoms with E-state index < -0.39 is 29.3 Å². The number of likely N-dealkylation sites (N-methyl/N-ethyl adjacent to an activating group) is 1. The van der Waals surface area contributed by atoms with Crippen molar-refractivity contribution in [2.75, 3.05) is 25.5 Å². The minimum absolute atomic E-state index is 0.0285. The molecule has 3 aromatic heterocycles. The summed E-state index contributed by atoms with van der Waals surface area (Å²) in [6.07, 6.45) is 1.17. The van der Waals surface area contributed by atoms with Crippen LogP contribution in [0.15, 0.2) is 46.8 Å². The van der Waals surface area contributed by atoms with E-state index in [-0.39, 0.29) is 33.4 Å². The number of nitrogens with zero attached hydrogens (tertiary/aromatic N) is 4. The van der Waals surface area contributed by atoms with Gasteiger partial charge in [-0.2, -0.15) is 13.2 Å². The van der Waals surface area contributed by atoms with Gasteiger partial charge in [0.15, 0.2) is 5.69 Å². The second kappa shape index (κ2) is 12.1. The van der Waals surface area contributed by atoms with E-state index in [1.807, 2.05) is 7.05 Å². The highest BCUT2D eigenvalue weighted by molar-refractivity contribution is 7.13. The van der Waals surface area contributed by atoms with Crippen LogP contribution in [0, 0.1) is 0 Å². The molecular formula is C29H29F3N6O4S. The van der Waals surface area contributed by atoms with Crippen LogP contribution in [0.25, 0.3) is 32.6 Å². The molecule has 0 bridgehead atoms. The second-order valence-corrected chi connectivity index (χ2v) is 11.2. The van der Waals surface area contributed by atoms with Gasteiger partial charge in [0.1, 0.15) is 16.4 Å². The Morgan fingerprint density at radius 1 is 1.19 bits per heavy atom. The molecule has 1 aliphatic heterocycles. The maximum Gasteiger partial charge on any atom is 0.434 e. The molecule has 2 amide bonds. The minimum atomic E-state index is -4.66. The molecule has 226 valence electrons. The number of halogens is 3. The van der Waals surface area contributed by atoms with E-state index in [2.05, 4.69) is 25.5 Å². The lowest BCUT2D eigenvalue weighted by Crippen LogP contribution is -2.39. The number of fused-ring (bicyclic) bond motifs is 1. The van der Waals surface area contributed by atoms with Crippen LogP contribution in [0.1, 0.15) is 42.2 Å². The van der Waals surface area contributed by atoms with Crippen molar-refractivity contribution >= 4 is 40.1 Å². The van der Waals surface area contributed by atoms with Gasteiger partial charge in [0.05, 0.1) is 5.52 Å². The quantitative estimate of drug-likeness (QED) is 0.250. The van der Waals surface area contributed by atoms with Crippen molar-refractivity contribution in [3.05, 3.63) is 63.5 Å². The molecular weight excluding hydrogens is 585 g/mol. The fourth-order valence-electron chi connectivity index (χ4n) is 5.25. The number of carbonyl (C=O) groups is 2. The van der Waals surface area contributed by atoms with E-state index in [9.17, 15) is 32.7 Å². The van der Waals surface area contributed by atoms with Crippen LogP contribution in [0.4, 0.5) is 23.8 Å². The number of urea groups is 1. The van der Waals surface area contributed by atoms with E-state index in [1.165, 1.54) is 24.5 Å². The molecule has 3 N–H and O–H groups in total. The van der Waals surface area contributed by atoms with Crippen molar-refractivity contribution in [1.29, 1.82) is 0 Å². The first-order chi connectivity index (χ1) is 20.5. The molecule has 4 heterocycles. The van der Waals surface area contributed by atoms with Crippen LogP contribution >= 0.6 is 11.3 Å². The molecule has 4 aromatic rings. The van der Waals surface area contributed by atoms with E-state index in [1.54, 1.807) is 23.6 Å². The van der Waals surface area contributed by atoms with Gasteiger partial charge in [-0.1, -0.05) is 12.5 Å². The van der Waals surface area contributed by atoms with Gasteiger partial charge in [-0.3, -0.25) is 10.1 Å². The van der Waals surface area contributed by atoms with E-state index in [4.69, 9.17) is 0 Å². The van der Waals surface area contributed by atoms with Crippen LogP contribution in [-0.4, -0.2) is 62.7 Å². The molecule has 0 spiro atoms. The first kappa shape index (κ1) is 30.2. The Hall–Kier alpha value is -4.30. The van der Waals surface area contributed by atoms with Gasteiger partial charge in [0, 0.05) is 53.4 Å². The molecule has 1 saturated heterocycles. The number of thiazole rings is 1. The van der Waals surface area contributed by atoms with Gasteiger partial charge in [-0.05, 0) is 57.1 Å². The summed E-state index contributed by atoms with van der Waals surface area (Å²) in [5, 5.41) is 16.0. The smallest absolute Gasteiger partial charge is 0.434 e. The molecule has 1 aromatic carbocycles. The highest BCUT2D eigenvalue weighted by Crippen LogP contribution is 2.39. The Morgan fingerprint density at radius 2 is 1.98 bits per heavy atom. The normalized spacial score (nSPS) is 15.9. The van der Waals surface area contributed by atoms with Crippen molar-refractivity contribution in [3.63, 3.8) is 0 Å². The van der Waals surface area contributed by atoms with Crippen LogP contribution in [0.5, 0.6) is 0 Å². The maximum absolute atomic E-state index is 13.4. The summed E-state index contributed by atoms with van der Waals surface area (Å²) < 4.78 is 42.0. The summed E-state index contributed by atoms with van der Waals surface area (Å²) in [5.41, 5.74) is -0.549. The standard InChI is InChI=1S/C29H29F3N6O4S/c1-3-33-28(42)36-24-11-18(26-35-23(15-43-26)29(30,31)32)20(12-34-24)16-7-8-22-19(10-16)25(39)21(27(40)41)14-38(22)13-17-6-4-5-9-37(17)2/h7-8,10-12,14-15,17H,3-6,9,13H2,1-2H3,(H,40,41)(H2,33,34,36,42). The number of nitrogens with one attached hydrogen (secondary N) is 2. The van der Waals surface area contributed by atoms with E-state index in [0.29, 0.717) is 29.7 Å². The number of rotatable bonds is 7. The number of carboxylic acids is 1. The minimum Gasteiger partial charge on any atom is -0.477 e. The number of amides is 2. The molecule has 1 aliphatic rings. The Kier molecular flexibility index (Phi) is 8.51. The third-order valence-electron chi connectivity index (χ3n) is 7.46. The molecule has 1 atom stereocenters. The van der Waals surface area contributed by atoms with Gasteiger partial charge in [-0.15, -0.1) is 11.3 Å². The molecule has 1 fully saturated rings. The third kappa shape index (κ3) is 6.39. The number of carbonyl (C=O) groups excluding carboxylic acids is 1. The lowest BCUT2D eigenvalue weighted by Gasteiger charge is -2.33. The summed E-state index contributed by atoms with van der Waals surface area (Å²) in [6.45, 7) is 3.49. The zero-order chi connectivity index (χ0) is 30.9. The van der Waals surface area contributed by atoms with E-state index >= 15 is 0 Å². The van der Waals surface area contributed by atoms with Crippen LogP contribution in [0.2, 0.25) is 0 Å². The zero-order valence-corrected chi connectivity index (χ0v) is 24.2. The third-order valence-corrected chi connectivity index (χ3v) is 8.33. The fourth-order valence-corrected chi connectivity index (χ4v) is 6.11. The number of aromatic carboxylic acids is 1. The van der Waals surface area contributed by atoms with Crippen molar-refractivity contribution < 1.29 is 27.9 Å². The van der Waals surface area contributed by atoms with Gasteiger partial charge >= 0.3 is 18.2 Å². The Labute approximate surface area is 248 Å². The van der Waals surface area contributed by atoms with Crippen molar-refractivity contribution in [1.82, 2.24) is 24.8 Å². The first-order valence-electron chi connectivity index (χ1n) is 13.7. The van der Waals surface area contributed by atoms with Crippen molar-refractivity contribution in [2.24, 2.45) is 0 Å². The Morgan fingerprint density at radius 3 is 2.65 bits per heavy atom. The average Bonchev–Trinajstić information content (AvgIpc) is 3.47. The summed E-state index contributed by atoms with van der Waals surface area (Å²) in [4.78, 5) is 47.8. The van der Waals surface area contributed by atoms with Crippen LogP contribution in [-0.2, 0) is 12.7 Å². The molecule has 0 radical (unpaired) electrons. The van der Waals surface area contributed by atoms with Gasteiger partial charge < -0.3 is 19.9 Å². The number of hydrogen-bond acceptors (Lipinski definition) is 7. The number of piperidine rings is 1. The average molecular weight is 615 g/mol. The first-order valence-corrected chi connectivity index (χ1v) is 14.5. The molecule has 5 rings (SSSR count). The van der Waals surface area contributed by atoms with Gasteiger partial charge in [0.2, 0.25) is 5.43 Å². The SMILES string of the molecule is CCNC(=O)Nc1cc(-c2nc(C(F)(F)F)cs2)c(-c2ccc3c(c2)c(=O)c(C(=O)O)cn3CC2CCCCN2C)cn1. The second-order valence-electron chi connectivity index (χ2n) is 10.3.